The maximum atomic E-state index is 13.1. The number of allylic oxidation sites excluding steroid dienone is 26. The molecule has 0 aromatic rings. The minimum atomic E-state index is -5.01. The zero-order chi connectivity index (χ0) is 80.3. The summed E-state index contributed by atoms with van der Waals surface area (Å²) < 4.78 is 68.7. The van der Waals surface area contributed by atoms with Crippen LogP contribution in [0.25, 0.3) is 0 Å². The van der Waals surface area contributed by atoms with Crippen LogP contribution in [0.2, 0.25) is 0 Å². The number of hydrogen-bond donors (Lipinski definition) is 3. The summed E-state index contributed by atoms with van der Waals surface area (Å²) in [5, 5.41) is 10.7. The van der Waals surface area contributed by atoms with E-state index in [0.29, 0.717) is 32.1 Å². The third-order valence-corrected chi connectivity index (χ3v) is 19.4. The van der Waals surface area contributed by atoms with Crippen LogP contribution < -0.4 is 0 Å². The molecule has 0 aliphatic heterocycles. The SMILES string of the molecule is CC/C=C\C/C=C\C/C=C\C/C=C\C/C=C\C/C=C\CCC(=O)OCC(COP(=O)(O)OCC(O)COP(=O)(O)OCC(COC(=O)CCCCCCCC/C=C\C/C=C\C/C=C\C/C=C\CC)OC(=O)CCCCCCCCCCCCCCC)OC(=O)CCCCCCCC/C=C\C/C=C\C/C=C\CCCCC. The third-order valence-electron chi connectivity index (χ3n) is 17.5. The zero-order valence-corrected chi connectivity index (χ0v) is 70.7. The second kappa shape index (κ2) is 81.7. The molecule has 19 heteroatoms. The Morgan fingerprint density at radius 3 is 0.800 bits per heavy atom. The monoisotopic (exact) mass is 1580 g/mol. The largest absolute Gasteiger partial charge is 0.472 e. The van der Waals surface area contributed by atoms with Crippen LogP contribution in [-0.2, 0) is 65.4 Å². The normalized spacial score (nSPS) is 14.6. The molecule has 0 heterocycles. The highest BCUT2D eigenvalue weighted by atomic mass is 31.2. The second-order valence-electron chi connectivity index (χ2n) is 28.0. The van der Waals surface area contributed by atoms with E-state index in [2.05, 4.69) is 167 Å². The molecule has 0 aliphatic carbocycles. The van der Waals surface area contributed by atoms with Crippen LogP contribution in [0.15, 0.2) is 158 Å². The molecule has 17 nitrogen and oxygen atoms in total. The van der Waals surface area contributed by atoms with Gasteiger partial charge in [0.05, 0.1) is 26.4 Å². The molecule has 0 saturated heterocycles. The van der Waals surface area contributed by atoms with Crippen molar-refractivity contribution >= 4 is 39.5 Å². The van der Waals surface area contributed by atoms with Gasteiger partial charge in [-0.1, -0.05) is 327 Å². The molecule has 0 saturated carbocycles. The van der Waals surface area contributed by atoms with Gasteiger partial charge in [0.1, 0.15) is 19.3 Å². The fraction of sp³-hybridized carbons (Fsp3) is 0.670. The van der Waals surface area contributed by atoms with E-state index in [1.807, 2.05) is 18.2 Å². The number of phosphoric ester groups is 2. The Kier molecular flexibility index (Phi) is 77.7. The van der Waals surface area contributed by atoms with Crippen LogP contribution in [0, 0.1) is 0 Å². The van der Waals surface area contributed by atoms with Gasteiger partial charge in [-0.05, 0) is 141 Å². The van der Waals surface area contributed by atoms with Crippen LogP contribution in [-0.4, -0.2) is 96.7 Å². The first-order chi connectivity index (χ1) is 53.7. The molecule has 628 valence electrons. The number of aliphatic hydroxyl groups is 1. The van der Waals surface area contributed by atoms with Gasteiger partial charge in [-0.25, -0.2) is 9.13 Å². The van der Waals surface area contributed by atoms with E-state index in [4.69, 9.17) is 37.0 Å². The van der Waals surface area contributed by atoms with Crippen molar-refractivity contribution in [2.45, 2.75) is 354 Å². The van der Waals surface area contributed by atoms with Gasteiger partial charge in [-0.3, -0.25) is 37.3 Å². The molecule has 3 N–H and O–H groups in total. The molecule has 5 atom stereocenters. The van der Waals surface area contributed by atoms with Crippen molar-refractivity contribution < 1.29 is 80.2 Å². The Morgan fingerprint density at radius 1 is 0.264 bits per heavy atom. The van der Waals surface area contributed by atoms with E-state index in [9.17, 15) is 43.2 Å². The molecule has 0 aromatic heterocycles. The van der Waals surface area contributed by atoms with Gasteiger partial charge in [-0.2, -0.15) is 0 Å². The number of aliphatic hydroxyl groups excluding tert-OH is 1. The number of ether oxygens (including phenoxy) is 4. The first-order valence-corrected chi connectivity index (χ1v) is 45.7. The first-order valence-electron chi connectivity index (χ1n) is 42.7. The lowest BCUT2D eigenvalue weighted by Crippen LogP contribution is -2.30. The Hall–Kier alpha value is -5.32. The summed E-state index contributed by atoms with van der Waals surface area (Å²) in [5.41, 5.74) is 0. The average molecular weight is 1580 g/mol. The quantitative estimate of drug-likeness (QED) is 0.0169. The fourth-order valence-electron chi connectivity index (χ4n) is 11.1. The van der Waals surface area contributed by atoms with Crippen molar-refractivity contribution in [3.63, 3.8) is 0 Å². The summed E-state index contributed by atoms with van der Waals surface area (Å²) in [4.78, 5) is 73.2. The predicted octanol–water partition coefficient (Wildman–Crippen LogP) is 25.6. The van der Waals surface area contributed by atoms with Crippen LogP contribution in [0.4, 0.5) is 0 Å². The topological polar surface area (TPSA) is 237 Å². The van der Waals surface area contributed by atoms with Gasteiger partial charge in [0.15, 0.2) is 12.2 Å². The second-order valence-corrected chi connectivity index (χ2v) is 30.9. The van der Waals surface area contributed by atoms with Crippen LogP contribution in [0.5, 0.6) is 0 Å². The highest BCUT2D eigenvalue weighted by Crippen LogP contribution is 2.45. The Balaban J connectivity index is 5.45. The Bertz CT molecular complexity index is 2700. The van der Waals surface area contributed by atoms with Crippen LogP contribution in [0.1, 0.15) is 336 Å². The number of rotatable bonds is 79. The van der Waals surface area contributed by atoms with Crippen molar-refractivity contribution in [3.8, 4) is 0 Å². The average Bonchev–Trinajstić information content (AvgIpc) is 0.900. The van der Waals surface area contributed by atoms with Crippen LogP contribution in [0.3, 0.4) is 0 Å². The number of carbonyl (C=O) groups is 4. The molecular weight excluding hydrogens is 1430 g/mol. The summed E-state index contributed by atoms with van der Waals surface area (Å²) >= 11 is 0. The van der Waals surface area contributed by atoms with Gasteiger partial charge in [-0.15, -0.1) is 0 Å². The molecule has 0 amide bonds. The highest BCUT2D eigenvalue weighted by Gasteiger charge is 2.30. The standard InChI is InChI=1S/C91H152O17P2/c1-5-9-13-17-21-25-29-33-36-39-42-45-48-52-55-59-63-67-71-75-88(93)101-81-86(107-90(95)77-73-69-65-61-57-51-32-28-24-20-16-12-8-4)83-105-109(97,98)103-79-85(92)80-104-110(99,100)106-84-87(108-91(96)78-74-70-66-62-58-54-50-47-44-41-38-35-31-27-23-19-15-11-7-3)82-102-89(94)76-72-68-64-60-56-53-49-46-43-40-37-34-30-26-22-18-14-10-6-2/h9-10,13-14,21-23,25-27,33-38,42-47,53,56,64,68,85-87,92H,5-8,11-12,15-20,24,28-32,39-41,48-52,54-55,57-63,65-67,69-84H2,1-4H3,(H,97,98)(H,99,100)/b13-9-,14-10-,25-21-,26-22-,27-23-,36-33-,37-34-,38-35-,45-42-,46-43-,47-44-,56-53-,68-64-. The summed E-state index contributed by atoms with van der Waals surface area (Å²) in [5.74, 6) is -2.30. The van der Waals surface area contributed by atoms with Gasteiger partial charge < -0.3 is 33.8 Å². The van der Waals surface area contributed by atoms with E-state index < -0.39 is 97.5 Å². The predicted molar refractivity (Wildman–Crippen MR) is 454 cm³/mol. The van der Waals surface area contributed by atoms with Gasteiger partial charge in [0, 0.05) is 25.7 Å². The lowest BCUT2D eigenvalue weighted by molar-refractivity contribution is -0.161. The van der Waals surface area contributed by atoms with Gasteiger partial charge in [0.2, 0.25) is 0 Å². The minimum Gasteiger partial charge on any atom is -0.462 e. The summed E-state index contributed by atoms with van der Waals surface area (Å²) in [6.45, 7) is 4.54. The number of hydrogen-bond acceptors (Lipinski definition) is 15. The lowest BCUT2D eigenvalue weighted by Gasteiger charge is -2.21. The summed E-state index contributed by atoms with van der Waals surface area (Å²) in [7, 11) is -10.0. The minimum absolute atomic E-state index is 0.0290. The van der Waals surface area contributed by atoms with Crippen molar-refractivity contribution in [2.24, 2.45) is 0 Å². The van der Waals surface area contributed by atoms with E-state index in [1.165, 1.54) is 70.6 Å². The number of esters is 4. The van der Waals surface area contributed by atoms with E-state index in [0.717, 1.165) is 180 Å². The van der Waals surface area contributed by atoms with Gasteiger partial charge >= 0.3 is 39.5 Å². The summed E-state index contributed by atoms with van der Waals surface area (Å²) in [6, 6.07) is 0. The third kappa shape index (κ3) is 80.7. The molecule has 0 radical (unpaired) electrons. The molecule has 0 fully saturated rings. The first kappa shape index (κ1) is 105. The smallest absolute Gasteiger partial charge is 0.462 e. The number of carbonyl (C=O) groups excluding carboxylic acids is 4. The van der Waals surface area contributed by atoms with Crippen molar-refractivity contribution in [3.05, 3.63) is 158 Å². The van der Waals surface area contributed by atoms with Crippen molar-refractivity contribution in [1.29, 1.82) is 0 Å². The molecular formula is C91H152O17P2. The zero-order valence-electron chi connectivity index (χ0n) is 68.9. The highest BCUT2D eigenvalue weighted by molar-refractivity contribution is 7.47. The van der Waals surface area contributed by atoms with Crippen LogP contribution >= 0.6 is 15.6 Å². The maximum Gasteiger partial charge on any atom is 0.472 e. The molecule has 110 heavy (non-hydrogen) atoms. The lowest BCUT2D eigenvalue weighted by atomic mass is 10.0. The number of unbranched alkanes of at least 4 members (excludes halogenated alkanes) is 27. The Labute approximate surface area is 668 Å². The molecule has 5 unspecified atom stereocenters. The molecule has 0 aromatic carbocycles. The molecule has 0 spiro atoms. The van der Waals surface area contributed by atoms with E-state index >= 15 is 0 Å². The molecule has 0 rings (SSSR count). The fourth-order valence-corrected chi connectivity index (χ4v) is 12.6. The maximum absolute atomic E-state index is 13.1. The van der Waals surface area contributed by atoms with Crippen molar-refractivity contribution in [2.75, 3.05) is 39.6 Å². The van der Waals surface area contributed by atoms with Crippen molar-refractivity contribution in [1.82, 2.24) is 0 Å². The van der Waals surface area contributed by atoms with E-state index in [-0.39, 0.29) is 25.7 Å². The number of phosphoric acid groups is 2. The van der Waals surface area contributed by atoms with Gasteiger partial charge in [0.25, 0.3) is 0 Å². The molecule has 0 aliphatic rings. The summed E-state index contributed by atoms with van der Waals surface area (Å²) in [6.07, 6.45) is 96.4. The van der Waals surface area contributed by atoms with E-state index in [1.54, 1.807) is 0 Å². The molecule has 0 bridgehead atoms. The Morgan fingerprint density at radius 2 is 0.491 bits per heavy atom.